The van der Waals surface area contributed by atoms with Gasteiger partial charge in [-0.1, -0.05) is 18.2 Å². The van der Waals surface area contributed by atoms with Gasteiger partial charge in [0.2, 0.25) is 0 Å². The van der Waals surface area contributed by atoms with E-state index in [2.05, 4.69) is 5.32 Å². The molecule has 0 aromatic heterocycles. The lowest BCUT2D eigenvalue weighted by molar-refractivity contribution is 0.0642. The molecule has 0 unspecified atom stereocenters. The maximum absolute atomic E-state index is 13.1. The fourth-order valence-electron chi connectivity index (χ4n) is 4.30. The maximum Gasteiger partial charge on any atom is 0.409 e. The van der Waals surface area contributed by atoms with Gasteiger partial charge in [-0.2, -0.15) is 0 Å². The van der Waals surface area contributed by atoms with Gasteiger partial charge in [0.15, 0.2) is 0 Å². The second-order valence-electron chi connectivity index (χ2n) is 8.21. The van der Waals surface area contributed by atoms with Crippen molar-refractivity contribution in [2.45, 2.75) is 32.4 Å². The number of carbonyl (C=O) groups excluding carboxylic acids is 4. The zero-order valence-electron chi connectivity index (χ0n) is 19.2. The number of methoxy groups -OCH3 is 1. The van der Waals surface area contributed by atoms with Gasteiger partial charge in [0.1, 0.15) is 5.75 Å². The van der Waals surface area contributed by atoms with E-state index in [1.54, 1.807) is 47.4 Å². The summed E-state index contributed by atoms with van der Waals surface area (Å²) in [5.74, 6) is -0.571. The fourth-order valence-corrected chi connectivity index (χ4v) is 4.30. The van der Waals surface area contributed by atoms with Crippen molar-refractivity contribution in [3.05, 3.63) is 64.7 Å². The normalized spacial score (nSPS) is 15.8. The second-order valence-corrected chi connectivity index (χ2v) is 8.21. The van der Waals surface area contributed by atoms with Crippen molar-refractivity contribution < 1.29 is 28.7 Å². The first-order chi connectivity index (χ1) is 16.4. The third-order valence-electron chi connectivity index (χ3n) is 6.07. The van der Waals surface area contributed by atoms with Gasteiger partial charge in [-0.25, -0.2) is 4.79 Å². The highest BCUT2D eigenvalue weighted by molar-refractivity contribution is 6.21. The van der Waals surface area contributed by atoms with Gasteiger partial charge in [-0.3, -0.25) is 19.3 Å². The molecule has 0 bridgehead atoms. The smallest absolute Gasteiger partial charge is 0.409 e. The van der Waals surface area contributed by atoms with E-state index in [1.807, 2.05) is 6.92 Å². The number of hydrogen-bond donors (Lipinski definition) is 1. The van der Waals surface area contributed by atoms with Gasteiger partial charge in [0.05, 0.1) is 37.0 Å². The fraction of sp³-hybridized carbons (Fsp3) is 0.360. The van der Waals surface area contributed by atoms with Crippen molar-refractivity contribution in [2.24, 2.45) is 0 Å². The molecule has 0 atom stereocenters. The molecule has 2 heterocycles. The first kappa shape index (κ1) is 23.3. The van der Waals surface area contributed by atoms with Crippen molar-refractivity contribution in [3.63, 3.8) is 0 Å². The predicted molar refractivity (Wildman–Crippen MR) is 123 cm³/mol. The molecule has 9 heteroatoms. The monoisotopic (exact) mass is 465 g/mol. The Morgan fingerprint density at radius 2 is 1.68 bits per heavy atom. The van der Waals surface area contributed by atoms with E-state index in [9.17, 15) is 19.2 Å². The maximum atomic E-state index is 13.1. The number of fused-ring (bicyclic) bond motifs is 1. The van der Waals surface area contributed by atoms with Crippen LogP contribution in [0.5, 0.6) is 5.75 Å². The number of carbonyl (C=O) groups is 4. The van der Waals surface area contributed by atoms with Gasteiger partial charge in [-0.05, 0) is 49.6 Å². The SMILES string of the molecule is CCOc1ccc(CN2C(=O)c3ccccc3C2=O)cc1C(=O)NC1CCN(C(=O)OC)CC1. The first-order valence-electron chi connectivity index (χ1n) is 11.3. The van der Waals surface area contributed by atoms with Crippen LogP contribution in [0.2, 0.25) is 0 Å². The molecule has 0 aliphatic carbocycles. The molecule has 0 saturated carbocycles. The number of nitrogens with one attached hydrogen (secondary N) is 1. The lowest BCUT2D eigenvalue weighted by atomic mass is 10.0. The van der Waals surface area contributed by atoms with Crippen molar-refractivity contribution in [1.82, 2.24) is 15.1 Å². The van der Waals surface area contributed by atoms with Crippen LogP contribution in [0.15, 0.2) is 42.5 Å². The Kier molecular flexibility index (Phi) is 6.81. The topological polar surface area (TPSA) is 105 Å². The summed E-state index contributed by atoms with van der Waals surface area (Å²) in [5.41, 5.74) is 1.75. The number of nitrogens with zero attached hydrogens (tertiary/aromatic N) is 2. The molecule has 0 radical (unpaired) electrons. The summed E-state index contributed by atoms with van der Waals surface area (Å²) in [6.07, 6.45) is 0.850. The Bertz CT molecular complexity index is 1090. The molecular formula is C25H27N3O6. The zero-order valence-corrected chi connectivity index (χ0v) is 19.2. The van der Waals surface area contributed by atoms with Gasteiger partial charge in [-0.15, -0.1) is 0 Å². The summed E-state index contributed by atoms with van der Waals surface area (Å²) in [6, 6.07) is 11.7. The minimum absolute atomic E-state index is 0.0521. The molecule has 2 aliphatic heterocycles. The van der Waals surface area contributed by atoms with E-state index in [1.165, 1.54) is 12.0 Å². The molecule has 4 rings (SSSR count). The van der Waals surface area contributed by atoms with E-state index >= 15 is 0 Å². The zero-order chi connectivity index (χ0) is 24.2. The van der Waals surface area contributed by atoms with Crippen LogP contribution in [0.4, 0.5) is 4.79 Å². The van der Waals surface area contributed by atoms with E-state index in [0.717, 1.165) is 0 Å². The molecule has 178 valence electrons. The lowest BCUT2D eigenvalue weighted by Gasteiger charge is -2.31. The first-order valence-corrected chi connectivity index (χ1v) is 11.3. The number of hydrogen-bond acceptors (Lipinski definition) is 6. The minimum atomic E-state index is -0.371. The van der Waals surface area contributed by atoms with E-state index < -0.39 is 0 Å². The molecule has 2 aliphatic rings. The number of piperidine rings is 1. The molecule has 1 saturated heterocycles. The number of benzene rings is 2. The van der Waals surface area contributed by atoms with E-state index in [4.69, 9.17) is 9.47 Å². The molecule has 2 aromatic rings. The Balaban J connectivity index is 1.48. The van der Waals surface area contributed by atoms with Crippen LogP contribution in [0.25, 0.3) is 0 Å². The van der Waals surface area contributed by atoms with Crippen LogP contribution in [0, 0.1) is 0 Å². The summed E-state index contributed by atoms with van der Waals surface area (Å²) in [6.45, 7) is 3.26. The minimum Gasteiger partial charge on any atom is -0.493 e. The summed E-state index contributed by atoms with van der Waals surface area (Å²) in [5, 5.41) is 3.02. The molecule has 1 N–H and O–H groups in total. The molecule has 34 heavy (non-hydrogen) atoms. The van der Waals surface area contributed by atoms with Crippen LogP contribution in [-0.2, 0) is 11.3 Å². The summed E-state index contributed by atoms with van der Waals surface area (Å²) in [7, 11) is 1.35. The molecule has 1 fully saturated rings. The van der Waals surface area contributed by atoms with Crippen LogP contribution in [0.3, 0.4) is 0 Å². The van der Waals surface area contributed by atoms with Crippen LogP contribution < -0.4 is 10.1 Å². The van der Waals surface area contributed by atoms with Crippen LogP contribution >= 0.6 is 0 Å². The number of imide groups is 1. The summed E-state index contributed by atoms with van der Waals surface area (Å²) in [4.78, 5) is 53.1. The lowest BCUT2D eigenvalue weighted by Crippen LogP contribution is -2.46. The average molecular weight is 466 g/mol. The number of amides is 4. The standard InChI is InChI=1S/C25H27N3O6/c1-3-34-21-9-8-16(15-28-23(30)18-6-4-5-7-19(18)24(28)31)14-20(21)22(29)26-17-10-12-27(13-11-17)25(32)33-2/h4-9,14,17H,3,10-13,15H2,1-2H3,(H,26,29). The quantitative estimate of drug-likeness (QED) is 0.658. The molecular weight excluding hydrogens is 438 g/mol. The molecule has 9 nitrogen and oxygen atoms in total. The van der Waals surface area contributed by atoms with E-state index in [-0.39, 0.29) is 36.4 Å². The molecule has 2 aromatic carbocycles. The second kappa shape index (κ2) is 9.94. The predicted octanol–water partition coefficient (Wildman–Crippen LogP) is 2.84. The Morgan fingerprint density at radius 3 is 2.26 bits per heavy atom. The van der Waals surface area contributed by atoms with Gasteiger partial charge >= 0.3 is 6.09 Å². The highest BCUT2D eigenvalue weighted by Crippen LogP contribution is 2.27. The van der Waals surface area contributed by atoms with Crippen molar-refractivity contribution in [1.29, 1.82) is 0 Å². The van der Waals surface area contributed by atoms with Gasteiger partial charge < -0.3 is 19.7 Å². The largest absolute Gasteiger partial charge is 0.493 e. The number of likely N-dealkylation sites (tertiary alicyclic amines) is 1. The third kappa shape index (κ3) is 4.59. The molecule has 0 spiro atoms. The van der Waals surface area contributed by atoms with E-state index in [0.29, 0.717) is 60.5 Å². The molecule has 4 amide bonds. The highest BCUT2D eigenvalue weighted by atomic mass is 16.5. The van der Waals surface area contributed by atoms with Gasteiger partial charge in [0.25, 0.3) is 17.7 Å². The average Bonchev–Trinajstić information content (AvgIpc) is 3.10. The third-order valence-corrected chi connectivity index (χ3v) is 6.07. The highest BCUT2D eigenvalue weighted by Gasteiger charge is 2.35. The van der Waals surface area contributed by atoms with Crippen molar-refractivity contribution >= 4 is 23.8 Å². The number of ether oxygens (including phenoxy) is 2. The summed E-state index contributed by atoms with van der Waals surface area (Å²) >= 11 is 0. The van der Waals surface area contributed by atoms with Crippen molar-refractivity contribution in [3.8, 4) is 5.75 Å². The Labute approximate surface area is 197 Å². The van der Waals surface area contributed by atoms with Crippen LogP contribution in [-0.4, -0.2) is 66.5 Å². The van der Waals surface area contributed by atoms with Crippen LogP contribution in [0.1, 0.15) is 56.4 Å². The van der Waals surface area contributed by atoms with Crippen molar-refractivity contribution in [2.75, 3.05) is 26.8 Å². The van der Waals surface area contributed by atoms with Gasteiger partial charge in [0, 0.05) is 19.1 Å². The summed E-state index contributed by atoms with van der Waals surface area (Å²) < 4.78 is 10.4. The number of rotatable bonds is 6. The Hall–Kier alpha value is -3.88. The Morgan fingerprint density at radius 1 is 1.03 bits per heavy atom.